The Hall–Kier alpha value is -3.95. The summed E-state index contributed by atoms with van der Waals surface area (Å²) in [4.78, 5) is 42.2. The number of amides is 1. The molecule has 0 aliphatic heterocycles. The predicted octanol–water partition coefficient (Wildman–Crippen LogP) is 0.736. The number of rotatable bonds is 6. The lowest BCUT2D eigenvalue weighted by Gasteiger charge is -2.11. The second-order valence-electron chi connectivity index (χ2n) is 7.88. The molecule has 0 unspecified atom stereocenters. The molecule has 10 heteroatoms. The van der Waals surface area contributed by atoms with Gasteiger partial charge >= 0.3 is 5.69 Å². The smallest absolute Gasteiger partial charge is 0.332 e. The number of nitrogens with zero attached hydrogens (tertiary/aromatic N) is 6. The molecule has 1 aromatic carbocycles. The molecule has 10 nitrogen and oxygen atoms in total. The molecule has 0 radical (unpaired) electrons. The number of primary amides is 1. The van der Waals surface area contributed by atoms with Crippen molar-refractivity contribution in [2.24, 2.45) is 12.8 Å². The van der Waals surface area contributed by atoms with Crippen LogP contribution in [0.5, 0.6) is 0 Å². The second kappa shape index (κ2) is 7.95. The third kappa shape index (κ3) is 3.43. The number of hydrogen-bond donors (Lipinski definition) is 1. The van der Waals surface area contributed by atoms with Gasteiger partial charge in [0, 0.05) is 19.3 Å². The van der Waals surface area contributed by atoms with Crippen LogP contribution >= 0.6 is 0 Å². The van der Waals surface area contributed by atoms with Gasteiger partial charge in [0.15, 0.2) is 11.2 Å². The monoisotopic (exact) mass is 435 g/mol. The normalized spacial score (nSPS) is 11.4. The van der Waals surface area contributed by atoms with Crippen LogP contribution in [0.15, 0.2) is 39.9 Å². The quantitative estimate of drug-likeness (QED) is 0.478. The van der Waals surface area contributed by atoms with Crippen LogP contribution in [0.1, 0.15) is 22.5 Å². The molecule has 0 aliphatic carbocycles. The van der Waals surface area contributed by atoms with Gasteiger partial charge in [-0.1, -0.05) is 30.3 Å². The summed E-state index contributed by atoms with van der Waals surface area (Å²) in [5, 5.41) is 4.61. The van der Waals surface area contributed by atoms with Crippen LogP contribution in [0.4, 0.5) is 0 Å². The molecule has 0 bridgehead atoms. The van der Waals surface area contributed by atoms with Gasteiger partial charge in [-0.05, 0) is 38.3 Å². The molecule has 0 saturated heterocycles. The van der Waals surface area contributed by atoms with Crippen LogP contribution in [-0.4, -0.2) is 34.4 Å². The Kier molecular flexibility index (Phi) is 5.29. The van der Waals surface area contributed by atoms with Crippen molar-refractivity contribution < 1.29 is 4.79 Å². The molecule has 0 saturated carbocycles. The van der Waals surface area contributed by atoms with Crippen molar-refractivity contribution in [3.8, 4) is 5.95 Å². The maximum Gasteiger partial charge on any atom is 0.332 e. The first kappa shape index (κ1) is 21.3. The number of imidazole rings is 1. The standard InChI is InChI=1S/C22H25N7O3/c1-13-14(2)25-29(15(13)3)21-24-19-18(27(21)11-10-16-8-6-5-7-9-16)20(31)28(12-17(23)30)22(32)26(19)4/h5-9H,10-12H2,1-4H3,(H2,23,30). The summed E-state index contributed by atoms with van der Waals surface area (Å²) in [7, 11) is 1.52. The van der Waals surface area contributed by atoms with Gasteiger partial charge in [0.05, 0.1) is 5.69 Å². The summed E-state index contributed by atoms with van der Waals surface area (Å²) < 4.78 is 5.57. The molecule has 166 valence electrons. The molecule has 4 rings (SSSR count). The summed E-state index contributed by atoms with van der Waals surface area (Å²) in [5.74, 6) is -0.332. The Bertz CT molecular complexity index is 1460. The lowest BCUT2D eigenvalue weighted by Crippen LogP contribution is -2.42. The largest absolute Gasteiger partial charge is 0.368 e. The third-order valence-corrected chi connectivity index (χ3v) is 5.84. The zero-order valence-electron chi connectivity index (χ0n) is 18.5. The Labute approximate surface area is 183 Å². The van der Waals surface area contributed by atoms with Crippen molar-refractivity contribution in [1.29, 1.82) is 0 Å². The lowest BCUT2D eigenvalue weighted by atomic mass is 10.1. The minimum absolute atomic E-state index is 0.226. The summed E-state index contributed by atoms with van der Waals surface area (Å²) in [6.07, 6.45) is 0.635. The van der Waals surface area contributed by atoms with Crippen molar-refractivity contribution in [2.75, 3.05) is 0 Å². The number of nitrogens with two attached hydrogens (primary N) is 1. The molecule has 2 N–H and O–H groups in total. The Balaban J connectivity index is 2.01. The second-order valence-corrected chi connectivity index (χ2v) is 7.88. The molecule has 32 heavy (non-hydrogen) atoms. The Morgan fingerprint density at radius 2 is 1.75 bits per heavy atom. The van der Waals surface area contributed by atoms with Gasteiger partial charge in [-0.2, -0.15) is 10.1 Å². The number of hydrogen-bond acceptors (Lipinski definition) is 5. The first-order valence-corrected chi connectivity index (χ1v) is 10.3. The highest BCUT2D eigenvalue weighted by atomic mass is 16.2. The maximum absolute atomic E-state index is 13.3. The zero-order chi connectivity index (χ0) is 23.2. The van der Waals surface area contributed by atoms with Gasteiger partial charge in [-0.15, -0.1) is 0 Å². The van der Waals surface area contributed by atoms with E-state index in [0.29, 0.717) is 18.9 Å². The average molecular weight is 435 g/mol. The van der Waals surface area contributed by atoms with Crippen LogP contribution in [0.25, 0.3) is 17.1 Å². The number of fused-ring (bicyclic) bond motifs is 1. The highest BCUT2D eigenvalue weighted by Crippen LogP contribution is 2.20. The van der Waals surface area contributed by atoms with Crippen LogP contribution in [-0.2, 0) is 31.4 Å². The lowest BCUT2D eigenvalue weighted by molar-refractivity contribution is -0.118. The molecular formula is C22H25N7O3. The Morgan fingerprint density at radius 3 is 2.34 bits per heavy atom. The van der Waals surface area contributed by atoms with E-state index in [-0.39, 0.29) is 11.2 Å². The molecule has 3 aromatic heterocycles. The number of benzene rings is 1. The maximum atomic E-state index is 13.3. The topological polar surface area (TPSA) is 123 Å². The van der Waals surface area contributed by atoms with Gasteiger partial charge in [-0.3, -0.25) is 14.2 Å². The average Bonchev–Trinajstić information content (AvgIpc) is 3.27. The van der Waals surface area contributed by atoms with E-state index in [0.717, 1.165) is 27.1 Å². The van der Waals surface area contributed by atoms with Crippen LogP contribution in [0.2, 0.25) is 0 Å². The molecule has 1 amide bonds. The van der Waals surface area contributed by atoms with Gasteiger partial charge < -0.3 is 10.3 Å². The number of aryl methyl sites for hydroxylation is 4. The molecule has 0 atom stereocenters. The fraction of sp³-hybridized carbons (Fsp3) is 0.318. The first-order valence-electron chi connectivity index (χ1n) is 10.3. The van der Waals surface area contributed by atoms with Crippen LogP contribution < -0.4 is 17.0 Å². The predicted molar refractivity (Wildman–Crippen MR) is 120 cm³/mol. The molecule has 3 heterocycles. The van der Waals surface area contributed by atoms with E-state index in [1.165, 1.54) is 11.6 Å². The van der Waals surface area contributed by atoms with Crippen molar-refractivity contribution in [3.63, 3.8) is 0 Å². The summed E-state index contributed by atoms with van der Waals surface area (Å²) in [6.45, 7) is 5.74. The van der Waals surface area contributed by atoms with E-state index >= 15 is 0 Å². The highest BCUT2D eigenvalue weighted by molar-refractivity contribution is 5.75. The number of carbonyl (C=O) groups excluding carboxylic acids is 1. The van der Waals surface area contributed by atoms with E-state index in [1.807, 2.05) is 51.1 Å². The van der Waals surface area contributed by atoms with Crippen LogP contribution in [0, 0.1) is 20.8 Å². The van der Waals surface area contributed by atoms with Gasteiger partial charge in [-0.25, -0.2) is 14.0 Å². The van der Waals surface area contributed by atoms with E-state index in [2.05, 4.69) is 10.1 Å². The van der Waals surface area contributed by atoms with Gasteiger partial charge in [0.2, 0.25) is 11.9 Å². The number of aromatic nitrogens is 6. The summed E-state index contributed by atoms with van der Waals surface area (Å²) >= 11 is 0. The first-order chi connectivity index (χ1) is 15.2. The van der Waals surface area contributed by atoms with E-state index in [4.69, 9.17) is 5.73 Å². The van der Waals surface area contributed by atoms with Crippen molar-refractivity contribution in [3.05, 3.63) is 73.7 Å². The van der Waals surface area contributed by atoms with Crippen molar-refractivity contribution in [1.82, 2.24) is 28.5 Å². The van der Waals surface area contributed by atoms with E-state index in [9.17, 15) is 14.4 Å². The molecular weight excluding hydrogens is 410 g/mol. The number of carbonyl (C=O) groups is 1. The van der Waals surface area contributed by atoms with Gasteiger partial charge in [0.25, 0.3) is 5.56 Å². The minimum atomic E-state index is -0.770. The van der Waals surface area contributed by atoms with Crippen molar-refractivity contribution in [2.45, 2.75) is 40.3 Å². The van der Waals surface area contributed by atoms with Crippen LogP contribution in [0.3, 0.4) is 0 Å². The van der Waals surface area contributed by atoms with Crippen molar-refractivity contribution >= 4 is 17.1 Å². The molecule has 4 aromatic rings. The van der Waals surface area contributed by atoms with E-state index in [1.54, 1.807) is 9.25 Å². The highest BCUT2D eigenvalue weighted by Gasteiger charge is 2.23. The fourth-order valence-electron chi connectivity index (χ4n) is 3.83. The summed E-state index contributed by atoms with van der Waals surface area (Å²) in [6, 6.07) is 9.87. The minimum Gasteiger partial charge on any atom is -0.368 e. The SMILES string of the molecule is Cc1nn(-c2nc3c(c(=O)n(CC(N)=O)c(=O)n3C)n2CCc2ccccc2)c(C)c1C. The molecule has 0 aliphatic rings. The molecule has 0 fully saturated rings. The molecule has 0 spiro atoms. The van der Waals surface area contributed by atoms with Gasteiger partial charge in [0.1, 0.15) is 6.54 Å². The summed E-state index contributed by atoms with van der Waals surface area (Å²) in [5.41, 5.74) is 8.34. The third-order valence-electron chi connectivity index (χ3n) is 5.84. The fourth-order valence-corrected chi connectivity index (χ4v) is 3.83. The van der Waals surface area contributed by atoms with E-state index < -0.39 is 23.7 Å². The Morgan fingerprint density at radius 1 is 1.06 bits per heavy atom. The zero-order valence-corrected chi connectivity index (χ0v) is 18.5.